The molecule has 1 unspecified atom stereocenters. The van der Waals surface area contributed by atoms with Gasteiger partial charge in [-0.25, -0.2) is 0 Å². The van der Waals surface area contributed by atoms with E-state index in [1.807, 2.05) is 0 Å². The number of hydrogen-bond donors (Lipinski definition) is 1. The minimum Gasteiger partial charge on any atom is -0.317 e. The van der Waals surface area contributed by atoms with Gasteiger partial charge in [-0.2, -0.15) is 0 Å². The Kier molecular flexibility index (Phi) is 6.55. The van der Waals surface area contributed by atoms with E-state index in [0.29, 0.717) is 0 Å². The van der Waals surface area contributed by atoms with Gasteiger partial charge in [-0.15, -0.1) is 0 Å². The fourth-order valence-corrected chi connectivity index (χ4v) is 3.11. The van der Waals surface area contributed by atoms with Gasteiger partial charge in [0.25, 0.3) is 0 Å². The molecule has 1 saturated heterocycles. The standard InChI is InChI=1S/C18H30N2/c1-3-16-6-5-13-20(14-16)15-18-9-7-17(8-10-18)11-12-19-4-2/h7-10,16,19H,3-6,11-15H2,1-2H3. The van der Waals surface area contributed by atoms with Gasteiger partial charge >= 0.3 is 0 Å². The summed E-state index contributed by atoms with van der Waals surface area (Å²) in [6.45, 7) is 10.3. The maximum Gasteiger partial charge on any atom is 0.0233 e. The molecule has 1 heterocycles. The van der Waals surface area contributed by atoms with Gasteiger partial charge in [-0.3, -0.25) is 4.90 Å². The molecule has 0 radical (unpaired) electrons. The first kappa shape index (κ1) is 15.5. The Labute approximate surface area is 124 Å². The Hall–Kier alpha value is -0.860. The maximum absolute atomic E-state index is 3.38. The molecule has 0 aromatic heterocycles. The van der Waals surface area contributed by atoms with Crippen molar-refractivity contribution < 1.29 is 0 Å². The van der Waals surface area contributed by atoms with Crippen LogP contribution in [0.4, 0.5) is 0 Å². The fraction of sp³-hybridized carbons (Fsp3) is 0.667. The highest BCUT2D eigenvalue weighted by molar-refractivity contribution is 5.22. The van der Waals surface area contributed by atoms with Crippen LogP contribution in [0.5, 0.6) is 0 Å². The summed E-state index contributed by atoms with van der Waals surface area (Å²) >= 11 is 0. The lowest BCUT2D eigenvalue weighted by Crippen LogP contribution is -2.34. The van der Waals surface area contributed by atoms with E-state index < -0.39 is 0 Å². The molecule has 0 amide bonds. The molecule has 1 aromatic carbocycles. The highest BCUT2D eigenvalue weighted by Crippen LogP contribution is 2.20. The van der Waals surface area contributed by atoms with Crippen LogP contribution in [0, 0.1) is 5.92 Å². The zero-order valence-corrected chi connectivity index (χ0v) is 13.2. The summed E-state index contributed by atoms with van der Waals surface area (Å²) in [5.41, 5.74) is 2.91. The molecule has 1 aromatic rings. The zero-order chi connectivity index (χ0) is 14.2. The van der Waals surface area contributed by atoms with Crippen LogP contribution < -0.4 is 5.32 Å². The number of rotatable bonds is 7. The van der Waals surface area contributed by atoms with Gasteiger partial charge in [-0.1, -0.05) is 44.5 Å². The Balaban J connectivity index is 1.80. The summed E-state index contributed by atoms with van der Waals surface area (Å²) in [6.07, 6.45) is 5.27. The molecule has 0 aliphatic carbocycles. The van der Waals surface area contributed by atoms with Crippen LogP contribution in [0.1, 0.15) is 44.2 Å². The second-order valence-corrected chi connectivity index (χ2v) is 6.07. The van der Waals surface area contributed by atoms with Crippen LogP contribution in [0.2, 0.25) is 0 Å². The number of hydrogen-bond acceptors (Lipinski definition) is 2. The summed E-state index contributed by atoms with van der Waals surface area (Å²) in [5, 5.41) is 3.38. The van der Waals surface area contributed by atoms with Gasteiger partial charge in [0.2, 0.25) is 0 Å². The molecule has 0 spiro atoms. The third kappa shape index (κ3) is 4.92. The molecule has 20 heavy (non-hydrogen) atoms. The summed E-state index contributed by atoms with van der Waals surface area (Å²) in [6, 6.07) is 9.23. The lowest BCUT2D eigenvalue weighted by molar-refractivity contribution is 0.165. The van der Waals surface area contributed by atoms with Crippen LogP contribution in [0.25, 0.3) is 0 Å². The normalized spacial score (nSPS) is 20.2. The number of piperidine rings is 1. The summed E-state index contributed by atoms with van der Waals surface area (Å²) < 4.78 is 0. The van der Waals surface area contributed by atoms with Crippen molar-refractivity contribution in [2.24, 2.45) is 5.92 Å². The molecule has 2 rings (SSSR count). The number of nitrogens with zero attached hydrogens (tertiary/aromatic N) is 1. The van der Waals surface area contributed by atoms with Crippen LogP contribution in [0.15, 0.2) is 24.3 Å². The molecule has 2 heteroatoms. The van der Waals surface area contributed by atoms with Crippen molar-refractivity contribution in [3.63, 3.8) is 0 Å². The minimum absolute atomic E-state index is 0.920. The van der Waals surface area contributed by atoms with E-state index in [0.717, 1.165) is 32.0 Å². The number of likely N-dealkylation sites (N-methyl/N-ethyl adjacent to an activating group) is 1. The van der Waals surface area contributed by atoms with Gasteiger partial charge < -0.3 is 5.32 Å². The van der Waals surface area contributed by atoms with Crippen molar-refractivity contribution in [1.82, 2.24) is 10.2 Å². The Morgan fingerprint density at radius 1 is 1.15 bits per heavy atom. The first-order valence-electron chi connectivity index (χ1n) is 8.32. The van der Waals surface area contributed by atoms with E-state index in [-0.39, 0.29) is 0 Å². The summed E-state index contributed by atoms with van der Waals surface area (Å²) in [5.74, 6) is 0.920. The van der Waals surface area contributed by atoms with Crippen molar-refractivity contribution in [2.75, 3.05) is 26.2 Å². The molecule has 1 aliphatic rings. The molecule has 1 N–H and O–H groups in total. The molecule has 1 fully saturated rings. The number of benzene rings is 1. The van der Waals surface area contributed by atoms with Crippen molar-refractivity contribution in [1.29, 1.82) is 0 Å². The number of nitrogens with one attached hydrogen (secondary N) is 1. The van der Waals surface area contributed by atoms with Gasteiger partial charge in [0.15, 0.2) is 0 Å². The fourth-order valence-electron chi connectivity index (χ4n) is 3.11. The second-order valence-electron chi connectivity index (χ2n) is 6.07. The minimum atomic E-state index is 0.920. The van der Waals surface area contributed by atoms with Gasteiger partial charge in [0, 0.05) is 13.1 Å². The van der Waals surface area contributed by atoms with Crippen LogP contribution >= 0.6 is 0 Å². The topological polar surface area (TPSA) is 15.3 Å². The third-order valence-corrected chi connectivity index (χ3v) is 4.45. The van der Waals surface area contributed by atoms with E-state index in [1.165, 1.54) is 43.5 Å². The van der Waals surface area contributed by atoms with Crippen molar-refractivity contribution in [3.05, 3.63) is 35.4 Å². The lowest BCUT2D eigenvalue weighted by Gasteiger charge is -2.32. The lowest BCUT2D eigenvalue weighted by atomic mass is 9.95. The quantitative estimate of drug-likeness (QED) is 0.766. The average molecular weight is 274 g/mol. The van der Waals surface area contributed by atoms with Crippen LogP contribution in [-0.4, -0.2) is 31.1 Å². The van der Waals surface area contributed by atoms with E-state index in [9.17, 15) is 0 Å². The predicted octanol–water partition coefficient (Wildman–Crippen LogP) is 3.46. The van der Waals surface area contributed by atoms with E-state index in [2.05, 4.69) is 48.3 Å². The predicted molar refractivity (Wildman–Crippen MR) is 87.0 cm³/mol. The Morgan fingerprint density at radius 3 is 2.60 bits per heavy atom. The van der Waals surface area contributed by atoms with Crippen LogP contribution in [0.3, 0.4) is 0 Å². The SMILES string of the molecule is CCNCCc1ccc(CN2CCCC(CC)C2)cc1. The monoisotopic (exact) mass is 274 g/mol. The van der Waals surface area contributed by atoms with Crippen LogP contribution in [-0.2, 0) is 13.0 Å². The Bertz CT molecular complexity index is 372. The van der Waals surface area contributed by atoms with Crippen molar-refractivity contribution >= 4 is 0 Å². The highest BCUT2D eigenvalue weighted by atomic mass is 15.1. The highest BCUT2D eigenvalue weighted by Gasteiger charge is 2.18. The molecule has 112 valence electrons. The van der Waals surface area contributed by atoms with E-state index in [4.69, 9.17) is 0 Å². The van der Waals surface area contributed by atoms with Crippen molar-refractivity contribution in [3.8, 4) is 0 Å². The summed E-state index contributed by atoms with van der Waals surface area (Å²) in [4.78, 5) is 2.63. The molecule has 2 nitrogen and oxygen atoms in total. The second kappa shape index (κ2) is 8.43. The third-order valence-electron chi connectivity index (χ3n) is 4.45. The number of likely N-dealkylation sites (tertiary alicyclic amines) is 1. The molecule has 0 saturated carbocycles. The molecule has 0 bridgehead atoms. The molecular weight excluding hydrogens is 244 g/mol. The van der Waals surface area contributed by atoms with Gasteiger partial charge in [0.05, 0.1) is 0 Å². The largest absolute Gasteiger partial charge is 0.317 e. The first-order valence-corrected chi connectivity index (χ1v) is 8.32. The van der Waals surface area contributed by atoms with Gasteiger partial charge in [0.1, 0.15) is 0 Å². The van der Waals surface area contributed by atoms with Crippen molar-refractivity contribution in [2.45, 2.75) is 46.1 Å². The average Bonchev–Trinajstić information content (AvgIpc) is 2.49. The smallest absolute Gasteiger partial charge is 0.0233 e. The Morgan fingerprint density at radius 2 is 1.90 bits per heavy atom. The maximum atomic E-state index is 3.38. The molecular formula is C18H30N2. The van der Waals surface area contributed by atoms with E-state index in [1.54, 1.807) is 0 Å². The molecule has 1 aliphatic heterocycles. The summed E-state index contributed by atoms with van der Waals surface area (Å²) in [7, 11) is 0. The molecule has 1 atom stereocenters. The van der Waals surface area contributed by atoms with E-state index >= 15 is 0 Å². The zero-order valence-electron chi connectivity index (χ0n) is 13.2. The first-order chi connectivity index (χ1) is 9.81. The van der Waals surface area contributed by atoms with Gasteiger partial charge in [-0.05, 0) is 55.9 Å².